The fraction of sp³-hybridized carbons (Fsp3) is 0.400. The maximum absolute atomic E-state index is 11.0. The summed E-state index contributed by atoms with van der Waals surface area (Å²) in [5.74, 6) is -5.56. The SMILES string of the molecule is O=CON1C(=O)CC(S(=O)(=O)O)C1=O.O=CON1C(=O)CC(S(=O)(=O)[O-])C1=O.O=CON1C(=O)CCC1=O.[Na+]. The summed E-state index contributed by atoms with van der Waals surface area (Å²) in [4.78, 5) is 106. The second-order valence-corrected chi connectivity index (χ2v) is 9.79. The predicted molar refractivity (Wildman–Crippen MR) is 104 cm³/mol. The van der Waals surface area contributed by atoms with E-state index in [2.05, 4.69) is 14.5 Å². The van der Waals surface area contributed by atoms with Crippen molar-refractivity contribution in [2.24, 2.45) is 0 Å². The predicted octanol–water partition coefficient (Wildman–Crippen LogP) is -7.94. The van der Waals surface area contributed by atoms with Crippen LogP contribution in [0.3, 0.4) is 0 Å². The van der Waals surface area contributed by atoms with Crippen LogP contribution < -0.4 is 29.6 Å². The van der Waals surface area contributed by atoms with Gasteiger partial charge in [-0.1, -0.05) is 0 Å². The van der Waals surface area contributed by atoms with Gasteiger partial charge in [0.1, 0.15) is 15.4 Å². The van der Waals surface area contributed by atoms with Crippen molar-refractivity contribution in [1.82, 2.24) is 15.2 Å². The van der Waals surface area contributed by atoms with Crippen LogP contribution in [0, 0.1) is 0 Å². The van der Waals surface area contributed by atoms with Crippen molar-refractivity contribution in [3.05, 3.63) is 0 Å². The summed E-state index contributed by atoms with van der Waals surface area (Å²) in [6.07, 6.45) is -1.26. The van der Waals surface area contributed by atoms with Crippen LogP contribution in [0.4, 0.5) is 0 Å². The molecule has 3 heterocycles. The number of carbonyl (C=O) groups excluding carboxylic acids is 9. The van der Waals surface area contributed by atoms with Crippen molar-refractivity contribution in [3.8, 4) is 0 Å². The zero-order chi connectivity index (χ0) is 29.4. The van der Waals surface area contributed by atoms with Gasteiger partial charge in [-0.25, -0.2) is 8.42 Å². The molecule has 210 valence electrons. The molecule has 0 aromatic carbocycles. The van der Waals surface area contributed by atoms with Crippen LogP contribution in [-0.2, 0) is 77.9 Å². The Bertz CT molecular complexity index is 1170. The van der Waals surface area contributed by atoms with Crippen LogP contribution in [0.1, 0.15) is 25.7 Å². The molecular formula is C15H14N3NaO18S2. The van der Waals surface area contributed by atoms with Crippen molar-refractivity contribution in [3.63, 3.8) is 0 Å². The summed E-state index contributed by atoms with van der Waals surface area (Å²) >= 11 is 0. The molecule has 3 fully saturated rings. The fourth-order valence-corrected chi connectivity index (χ4v) is 4.04. The second kappa shape index (κ2) is 14.7. The van der Waals surface area contributed by atoms with Crippen molar-refractivity contribution < 1.29 is 113 Å². The minimum absolute atomic E-state index is 0. The average molecular weight is 611 g/mol. The van der Waals surface area contributed by atoms with Crippen LogP contribution >= 0.6 is 0 Å². The van der Waals surface area contributed by atoms with Gasteiger partial charge in [0.2, 0.25) is 0 Å². The van der Waals surface area contributed by atoms with Gasteiger partial charge in [0.15, 0.2) is 5.25 Å². The molecule has 0 aromatic rings. The molecule has 6 amide bonds. The van der Waals surface area contributed by atoms with E-state index in [1.54, 1.807) is 0 Å². The number of rotatable bonds is 8. The molecule has 3 aliphatic rings. The molecule has 0 aliphatic carbocycles. The Morgan fingerprint density at radius 1 is 0.667 bits per heavy atom. The standard InChI is InChI=1S/2C5H5NO7S.C5H5NO4.Na/c2*7-2-13-6-4(8)1-3(5(6)9)14(10,11)12;7-3-10-6-4(8)1-2-5(6)9;/h2*2-3H,1H2,(H,10,11,12);3H,1-2H2;/q;;;+1/p-1. The fourth-order valence-electron chi connectivity index (χ4n) is 2.65. The number of amides is 6. The van der Waals surface area contributed by atoms with Gasteiger partial charge in [-0.3, -0.25) is 47.7 Å². The van der Waals surface area contributed by atoms with Crippen LogP contribution in [0.2, 0.25) is 0 Å². The molecule has 0 bridgehead atoms. The number of nitrogens with zero attached hydrogens (tertiary/aromatic N) is 3. The monoisotopic (exact) mass is 611 g/mol. The minimum atomic E-state index is -4.89. The van der Waals surface area contributed by atoms with E-state index in [9.17, 15) is 64.5 Å². The molecule has 3 saturated heterocycles. The summed E-state index contributed by atoms with van der Waals surface area (Å²) in [6.45, 7) is -0.348. The van der Waals surface area contributed by atoms with E-state index >= 15 is 0 Å². The minimum Gasteiger partial charge on any atom is -0.747 e. The molecule has 2 atom stereocenters. The molecule has 24 heteroatoms. The molecule has 2 unspecified atom stereocenters. The van der Waals surface area contributed by atoms with Crippen LogP contribution in [0.5, 0.6) is 0 Å². The summed E-state index contributed by atoms with van der Waals surface area (Å²) in [5.41, 5.74) is 0. The molecule has 0 aromatic heterocycles. The number of hydroxylamine groups is 6. The van der Waals surface area contributed by atoms with Gasteiger partial charge in [-0.2, -0.15) is 8.42 Å². The summed E-state index contributed by atoms with van der Waals surface area (Å²) in [7, 11) is -9.54. The first-order valence-electron chi connectivity index (χ1n) is 9.32. The zero-order valence-corrected chi connectivity index (χ0v) is 22.9. The largest absolute Gasteiger partial charge is 1.00 e. The van der Waals surface area contributed by atoms with Gasteiger partial charge < -0.3 is 19.1 Å². The Morgan fingerprint density at radius 2 is 1.00 bits per heavy atom. The quantitative estimate of drug-likeness (QED) is 0.115. The van der Waals surface area contributed by atoms with Crippen molar-refractivity contribution in [2.75, 3.05) is 0 Å². The van der Waals surface area contributed by atoms with E-state index in [0.717, 1.165) is 0 Å². The molecule has 1 N–H and O–H groups in total. The number of hydrogen-bond donors (Lipinski definition) is 1. The first kappa shape index (κ1) is 35.6. The van der Waals surface area contributed by atoms with Gasteiger partial charge >= 0.3 is 49.0 Å². The van der Waals surface area contributed by atoms with Crippen molar-refractivity contribution >= 4 is 75.1 Å². The maximum Gasteiger partial charge on any atom is 1.00 e. The molecule has 21 nitrogen and oxygen atoms in total. The topological polar surface area (TPSA) is 303 Å². The van der Waals surface area contributed by atoms with Crippen LogP contribution in [0.25, 0.3) is 0 Å². The van der Waals surface area contributed by atoms with Gasteiger partial charge in [0, 0.05) is 12.8 Å². The van der Waals surface area contributed by atoms with Gasteiger partial charge in [-0.05, 0) is 0 Å². The first-order chi connectivity index (χ1) is 17.5. The molecule has 3 aliphatic heterocycles. The normalized spacial score (nSPS) is 20.8. The van der Waals surface area contributed by atoms with Gasteiger partial charge in [0.05, 0.1) is 12.8 Å². The third kappa shape index (κ3) is 9.41. The summed E-state index contributed by atoms with van der Waals surface area (Å²) in [6, 6.07) is 0. The van der Waals surface area contributed by atoms with E-state index in [1.165, 1.54) is 0 Å². The second-order valence-electron chi connectivity index (χ2n) is 6.63. The number of hydrogen-bond acceptors (Lipinski definition) is 17. The maximum atomic E-state index is 11.0. The molecule has 0 spiro atoms. The molecule has 39 heavy (non-hydrogen) atoms. The number of carbonyl (C=O) groups is 9. The Morgan fingerprint density at radius 3 is 1.28 bits per heavy atom. The summed E-state index contributed by atoms with van der Waals surface area (Å²) in [5, 5.41) is -3.42. The number of imide groups is 3. The van der Waals surface area contributed by atoms with E-state index < -0.39 is 79.0 Å². The zero-order valence-electron chi connectivity index (χ0n) is 19.3. The van der Waals surface area contributed by atoms with Crippen molar-refractivity contribution in [2.45, 2.75) is 36.2 Å². The van der Waals surface area contributed by atoms with Crippen LogP contribution in [0.15, 0.2) is 0 Å². The van der Waals surface area contributed by atoms with E-state index in [0.29, 0.717) is 5.06 Å². The summed E-state index contributed by atoms with van der Waals surface area (Å²) < 4.78 is 60.9. The average Bonchev–Trinajstić information content (AvgIpc) is 3.39. The smallest absolute Gasteiger partial charge is 0.747 e. The Labute approximate surface area is 238 Å². The molecule has 0 radical (unpaired) electrons. The third-order valence-electron chi connectivity index (χ3n) is 4.28. The van der Waals surface area contributed by atoms with E-state index in [-0.39, 0.29) is 71.9 Å². The Hall–Kier alpha value is -3.35. The van der Waals surface area contributed by atoms with Crippen LogP contribution in [-0.4, -0.2) is 106 Å². The molecule has 3 rings (SSSR count). The third-order valence-corrected chi connectivity index (χ3v) is 6.44. The van der Waals surface area contributed by atoms with Gasteiger partial charge in [-0.15, -0.1) is 15.2 Å². The van der Waals surface area contributed by atoms with E-state index in [4.69, 9.17) is 4.55 Å². The molecular weight excluding hydrogens is 597 g/mol. The first-order valence-corrected chi connectivity index (χ1v) is 12.3. The Kier molecular flexibility index (Phi) is 13.4. The molecule has 0 saturated carbocycles. The van der Waals surface area contributed by atoms with Crippen molar-refractivity contribution in [1.29, 1.82) is 0 Å². The Balaban J connectivity index is 0.000000557. The van der Waals surface area contributed by atoms with Gasteiger partial charge in [0.25, 0.3) is 45.6 Å². The van der Waals surface area contributed by atoms with E-state index in [1.807, 2.05) is 0 Å².